The summed E-state index contributed by atoms with van der Waals surface area (Å²) in [6, 6.07) is 13.8. The van der Waals surface area contributed by atoms with Crippen LogP contribution >= 0.6 is 11.3 Å². The number of aromatic nitrogens is 1. The Hall–Kier alpha value is -3.60. The molecule has 0 saturated carbocycles. The van der Waals surface area contributed by atoms with Crippen molar-refractivity contribution >= 4 is 35.1 Å². The molecule has 0 unspecified atom stereocenters. The highest BCUT2D eigenvalue weighted by atomic mass is 32.1. The highest BCUT2D eigenvalue weighted by Gasteiger charge is 2.18. The van der Waals surface area contributed by atoms with E-state index in [0.717, 1.165) is 46.6 Å². The van der Waals surface area contributed by atoms with Crippen molar-refractivity contribution in [3.63, 3.8) is 0 Å². The first-order valence-corrected chi connectivity index (χ1v) is 16.6. The summed E-state index contributed by atoms with van der Waals surface area (Å²) in [7, 11) is 0. The third-order valence-electron chi connectivity index (χ3n) is 5.97. The molecule has 1 heterocycles. The molecule has 10 heteroatoms. The fraction of sp³-hybridized carbons (Fsp3) is 0.471. The van der Waals surface area contributed by atoms with E-state index in [1.807, 2.05) is 91.8 Å². The van der Waals surface area contributed by atoms with Crippen molar-refractivity contribution in [2.75, 3.05) is 37.6 Å². The Morgan fingerprint density at radius 2 is 1.57 bits per heavy atom. The molecule has 0 aliphatic rings. The number of carbonyl (C=O) groups is 3. The van der Waals surface area contributed by atoms with Crippen LogP contribution in [0.5, 0.6) is 0 Å². The van der Waals surface area contributed by atoms with Crippen LogP contribution in [-0.2, 0) is 22.6 Å². The van der Waals surface area contributed by atoms with Crippen molar-refractivity contribution in [2.45, 2.75) is 75.3 Å². The number of nitrogens with zero attached hydrogens (tertiary/aromatic N) is 2. The number of hydrazine groups is 1. The molecular weight excluding hydrogens is 572 g/mol. The van der Waals surface area contributed by atoms with E-state index in [-0.39, 0.29) is 24.9 Å². The zero-order chi connectivity index (χ0) is 33.3. The van der Waals surface area contributed by atoms with E-state index in [1.54, 1.807) is 11.1 Å². The third kappa shape index (κ3) is 14.2. The zero-order valence-electron chi connectivity index (χ0n) is 28.2. The minimum absolute atomic E-state index is 0.00418. The van der Waals surface area contributed by atoms with Gasteiger partial charge in [-0.25, -0.2) is 10.4 Å². The smallest absolute Gasteiger partial charge is 0.253 e. The lowest BCUT2D eigenvalue weighted by Gasteiger charge is -2.26. The number of thiazole rings is 1. The number of likely N-dealkylation sites (N-methyl/N-ethyl adjacent to an activating group) is 1. The normalized spacial score (nSPS) is 9.66. The molecule has 44 heavy (non-hydrogen) atoms. The van der Waals surface area contributed by atoms with E-state index >= 15 is 0 Å². The van der Waals surface area contributed by atoms with Gasteiger partial charge in [-0.1, -0.05) is 79.7 Å². The maximum Gasteiger partial charge on any atom is 0.253 e. The lowest BCUT2D eigenvalue weighted by Crippen LogP contribution is -2.47. The predicted molar refractivity (Wildman–Crippen MR) is 186 cm³/mol. The Balaban J connectivity index is 0.00000290. The van der Waals surface area contributed by atoms with Gasteiger partial charge in [0, 0.05) is 37.1 Å². The van der Waals surface area contributed by atoms with E-state index in [9.17, 15) is 14.4 Å². The fourth-order valence-corrected chi connectivity index (χ4v) is 4.79. The van der Waals surface area contributed by atoms with Crippen molar-refractivity contribution in [2.24, 2.45) is 0 Å². The van der Waals surface area contributed by atoms with Crippen LogP contribution in [0.4, 0.5) is 5.69 Å². The monoisotopic (exact) mass is 626 g/mol. The second-order valence-electron chi connectivity index (χ2n) is 8.77. The quantitative estimate of drug-likeness (QED) is 0.0940. The molecule has 2 aromatic carbocycles. The van der Waals surface area contributed by atoms with Crippen molar-refractivity contribution in [3.8, 4) is 10.6 Å². The zero-order valence-corrected chi connectivity index (χ0v) is 29.0. The van der Waals surface area contributed by atoms with Crippen LogP contribution in [0.3, 0.4) is 0 Å². The van der Waals surface area contributed by atoms with Crippen molar-refractivity contribution in [3.05, 3.63) is 70.2 Å². The minimum atomic E-state index is -0.251. The number of carbonyl (C=O) groups excluding carboxylic acids is 3. The van der Waals surface area contributed by atoms with Gasteiger partial charge in [0.15, 0.2) is 6.29 Å². The second kappa shape index (κ2) is 24.8. The number of hydrogen-bond acceptors (Lipinski definition) is 8. The Morgan fingerprint density at radius 1 is 0.909 bits per heavy atom. The number of aldehydes is 1. The van der Waals surface area contributed by atoms with Gasteiger partial charge in [-0.05, 0) is 54.8 Å². The largest absolute Gasteiger partial charge is 0.353 e. The molecule has 0 bridgehead atoms. The summed E-state index contributed by atoms with van der Waals surface area (Å²) >= 11 is 1.32. The van der Waals surface area contributed by atoms with Crippen LogP contribution in [0, 0.1) is 6.92 Å². The van der Waals surface area contributed by atoms with Crippen LogP contribution < -0.4 is 26.4 Å². The van der Waals surface area contributed by atoms with Crippen LogP contribution in [0.1, 0.15) is 81.8 Å². The molecule has 0 spiro atoms. The summed E-state index contributed by atoms with van der Waals surface area (Å²) in [4.78, 5) is 43.3. The molecule has 2 amide bonds. The number of amides is 2. The number of benzene rings is 2. The third-order valence-corrected chi connectivity index (χ3v) is 6.94. The molecule has 0 aliphatic carbocycles. The molecule has 3 aromatic rings. The van der Waals surface area contributed by atoms with Gasteiger partial charge in [0.1, 0.15) is 5.01 Å². The second-order valence-corrected chi connectivity index (χ2v) is 9.83. The van der Waals surface area contributed by atoms with Gasteiger partial charge in [-0.15, -0.1) is 11.3 Å². The summed E-state index contributed by atoms with van der Waals surface area (Å²) in [5.74, 6) is -0.419. The summed E-state index contributed by atoms with van der Waals surface area (Å²) in [5, 5.41) is 6.82. The molecule has 3 rings (SSSR count). The van der Waals surface area contributed by atoms with E-state index in [1.165, 1.54) is 16.9 Å². The molecule has 4 N–H and O–H groups in total. The standard InChI is InChI=1S/C28H36N6O3S.3C2H6/c1-4-21-8-6-7-9-23(21)15-32-33-27(37)18-34(17-26(36)30-13-12-29-5-2)25-11-10-22(14-20(25)3)28-31-16-24(19-35)38-28;3*1-2/h6-11,14,16,19,29,32H,4-5,12-13,15,17-18H2,1-3H3,(H,30,36)(H,33,37);3*1-2H3. The van der Waals surface area contributed by atoms with Gasteiger partial charge in [0.25, 0.3) is 5.91 Å². The maximum atomic E-state index is 12.9. The molecule has 0 fully saturated rings. The van der Waals surface area contributed by atoms with Gasteiger partial charge in [0.05, 0.1) is 18.0 Å². The molecule has 0 saturated heterocycles. The average molecular weight is 627 g/mol. The first-order valence-electron chi connectivity index (χ1n) is 15.8. The van der Waals surface area contributed by atoms with Crippen molar-refractivity contribution in [1.29, 1.82) is 0 Å². The van der Waals surface area contributed by atoms with E-state index < -0.39 is 0 Å². The van der Waals surface area contributed by atoms with Gasteiger partial charge in [0.2, 0.25) is 5.91 Å². The van der Waals surface area contributed by atoms with Crippen LogP contribution in [0.2, 0.25) is 0 Å². The number of anilines is 1. The highest BCUT2D eigenvalue weighted by Crippen LogP contribution is 2.29. The SMILES string of the molecule is CC.CC.CC.CCNCCNC(=O)CN(CC(=O)NNCc1ccccc1CC)c1ccc(-c2ncc(C=O)s2)cc1C. The lowest BCUT2D eigenvalue weighted by atomic mass is 10.1. The number of rotatable bonds is 15. The minimum Gasteiger partial charge on any atom is -0.353 e. The summed E-state index contributed by atoms with van der Waals surface area (Å²) in [6.07, 6.45) is 3.25. The van der Waals surface area contributed by atoms with E-state index in [2.05, 4.69) is 39.5 Å². The fourth-order valence-electron chi connectivity index (χ4n) is 4.07. The van der Waals surface area contributed by atoms with E-state index in [4.69, 9.17) is 0 Å². The molecular formula is C34H54N6O3S. The summed E-state index contributed by atoms with van der Waals surface area (Å²) < 4.78 is 0. The maximum absolute atomic E-state index is 12.9. The van der Waals surface area contributed by atoms with Gasteiger partial charge in [-0.3, -0.25) is 19.8 Å². The van der Waals surface area contributed by atoms with Crippen molar-refractivity contribution in [1.82, 2.24) is 26.5 Å². The Morgan fingerprint density at radius 3 is 2.16 bits per heavy atom. The Kier molecular flexibility index (Phi) is 22.8. The number of hydrogen-bond donors (Lipinski definition) is 4. The molecule has 1 aromatic heterocycles. The van der Waals surface area contributed by atoms with Crippen LogP contribution in [0.25, 0.3) is 10.6 Å². The molecule has 0 atom stereocenters. The summed E-state index contributed by atoms with van der Waals surface area (Å²) in [6.45, 7) is 20.6. The first kappa shape index (κ1) is 40.4. The first-order chi connectivity index (χ1) is 21.4. The van der Waals surface area contributed by atoms with E-state index in [0.29, 0.717) is 24.5 Å². The number of nitrogens with one attached hydrogen (secondary N) is 4. The lowest BCUT2D eigenvalue weighted by molar-refractivity contribution is -0.121. The number of aryl methyl sites for hydroxylation is 2. The molecule has 9 nitrogen and oxygen atoms in total. The van der Waals surface area contributed by atoms with Crippen LogP contribution in [0.15, 0.2) is 48.7 Å². The average Bonchev–Trinajstić information content (AvgIpc) is 3.55. The molecule has 0 aliphatic heterocycles. The predicted octanol–water partition coefficient (Wildman–Crippen LogP) is 5.93. The summed E-state index contributed by atoms with van der Waals surface area (Å²) in [5.41, 5.74) is 10.7. The topological polar surface area (TPSA) is 115 Å². The van der Waals surface area contributed by atoms with Gasteiger partial charge >= 0.3 is 0 Å². The van der Waals surface area contributed by atoms with Gasteiger partial charge in [-0.2, -0.15) is 0 Å². The molecule has 244 valence electrons. The van der Waals surface area contributed by atoms with Crippen LogP contribution in [-0.4, -0.2) is 55.8 Å². The van der Waals surface area contributed by atoms with Gasteiger partial charge < -0.3 is 15.5 Å². The Bertz CT molecular complexity index is 1230. The molecule has 0 radical (unpaired) electrons. The van der Waals surface area contributed by atoms with Crippen molar-refractivity contribution < 1.29 is 14.4 Å². The Labute approximate surface area is 269 Å². The highest BCUT2D eigenvalue weighted by molar-refractivity contribution is 7.16.